The first-order valence-corrected chi connectivity index (χ1v) is 5.97. The van der Waals surface area contributed by atoms with Crippen LogP contribution in [0.2, 0.25) is 0 Å². The Morgan fingerprint density at radius 2 is 2.06 bits per heavy atom. The standard InChI is InChI=1S/C12H19N5/c1-8-6-9(2)16-12(15-8)17-5-3-4-10(7-17)11(13)14/h6,10H,3-5,7H2,1-2H3,(H3,13,14). The third-order valence-electron chi connectivity index (χ3n) is 3.11. The Labute approximate surface area is 102 Å². The van der Waals surface area contributed by atoms with Crippen LogP contribution in [0.1, 0.15) is 24.2 Å². The van der Waals surface area contributed by atoms with E-state index in [9.17, 15) is 0 Å². The van der Waals surface area contributed by atoms with Crippen molar-refractivity contribution in [1.29, 1.82) is 5.41 Å². The van der Waals surface area contributed by atoms with Gasteiger partial charge < -0.3 is 10.6 Å². The number of nitrogens with two attached hydrogens (primary N) is 1. The summed E-state index contributed by atoms with van der Waals surface area (Å²) in [5, 5.41) is 7.54. The SMILES string of the molecule is Cc1cc(C)nc(N2CCCC(C(=N)N)C2)n1. The fourth-order valence-corrected chi connectivity index (χ4v) is 2.26. The molecular formula is C12H19N5. The molecule has 0 aliphatic carbocycles. The van der Waals surface area contributed by atoms with E-state index >= 15 is 0 Å². The van der Waals surface area contributed by atoms with Crippen molar-refractivity contribution in [3.05, 3.63) is 17.5 Å². The molecule has 1 fully saturated rings. The maximum absolute atomic E-state index is 7.54. The van der Waals surface area contributed by atoms with E-state index in [-0.39, 0.29) is 11.8 Å². The number of nitrogens with zero attached hydrogens (tertiary/aromatic N) is 3. The topological polar surface area (TPSA) is 78.9 Å². The van der Waals surface area contributed by atoms with Crippen molar-refractivity contribution in [2.75, 3.05) is 18.0 Å². The summed E-state index contributed by atoms with van der Waals surface area (Å²) in [5.41, 5.74) is 7.55. The van der Waals surface area contributed by atoms with Gasteiger partial charge in [-0.15, -0.1) is 0 Å². The van der Waals surface area contributed by atoms with Crippen LogP contribution in [0.3, 0.4) is 0 Å². The van der Waals surface area contributed by atoms with Gasteiger partial charge in [-0.25, -0.2) is 9.97 Å². The quantitative estimate of drug-likeness (QED) is 0.595. The molecule has 1 unspecified atom stereocenters. The van der Waals surface area contributed by atoms with Crippen LogP contribution in [0.25, 0.3) is 0 Å². The van der Waals surface area contributed by atoms with Gasteiger partial charge in [0.05, 0.1) is 5.84 Å². The van der Waals surface area contributed by atoms with E-state index in [2.05, 4.69) is 14.9 Å². The van der Waals surface area contributed by atoms with Crippen LogP contribution in [0.4, 0.5) is 5.95 Å². The van der Waals surface area contributed by atoms with Crippen LogP contribution >= 0.6 is 0 Å². The molecule has 1 aromatic heterocycles. The van der Waals surface area contributed by atoms with E-state index < -0.39 is 0 Å². The maximum atomic E-state index is 7.54. The molecule has 0 bridgehead atoms. The lowest BCUT2D eigenvalue weighted by Gasteiger charge is -2.32. The summed E-state index contributed by atoms with van der Waals surface area (Å²) in [7, 11) is 0. The minimum atomic E-state index is 0.146. The van der Waals surface area contributed by atoms with Crippen molar-refractivity contribution in [2.45, 2.75) is 26.7 Å². The zero-order chi connectivity index (χ0) is 12.4. The minimum Gasteiger partial charge on any atom is -0.387 e. The Morgan fingerprint density at radius 1 is 1.41 bits per heavy atom. The van der Waals surface area contributed by atoms with Crippen molar-refractivity contribution >= 4 is 11.8 Å². The fourth-order valence-electron chi connectivity index (χ4n) is 2.26. The predicted molar refractivity (Wildman–Crippen MR) is 68.4 cm³/mol. The van der Waals surface area contributed by atoms with Crippen molar-refractivity contribution in [3.8, 4) is 0 Å². The van der Waals surface area contributed by atoms with E-state index in [4.69, 9.17) is 11.1 Å². The van der Waals surface area contributed by atoms with E-state index in [1.807, 2.05) is 19.9 Å². The van der Waals surface area contributed by atoms with E-state index in [1.165, 1.54) is 0 Å². The monoisotopic (exact) mass is 233 g/mol. The van der Waals surface area contributed by atoms with Gasteiger partial charge in [-0.05, 0) is 32.8 Å². The van der Waals surface area contributed by atoms with Crippen LogP contribution in [0, 0.1) is 25.2 Å². The number of aromatic nitrogens is 2. The number of anilines is 1. The minimum absolute atomic E-state index is 0.146. The van der Waals surface area contributed by atoms with Crippen LogP contribution in [-0.4, -0.2) is 28.9 Å². The largest absolute Gasteiger partial charge is 0.387 e. The Morgan fingerprint density at radius 3 is 2.65 bits per heavy atom. The van der Waals surface area contributed by atoms with Crippen molar-refractivity contribution in [2.24, 2.45) is 11.7 Å². The Hall–Kier alpha value is -1.65. The van der Waals surface area contributed by atoms with Gasteiger partial charge in [0.1, 0.15) is 0 Å². The summed E-state index contributed by atoms with van der Waals surface area (Å²) in [5.74, 6) is 1.20. The lowest BCUT2D eigenvalue weighted by atomic mass is 9.97. The molecule has 1 saturated heterocycles. The molecule has 2 heterocycles. The molecule has 1 atom stereocenters. The fraction of sp³-hybridized carbons (Fsp3) is 0.583. The number of rotatable bonds is 2. The number of hydrogen-bond donors (Lipinski definition) is 2. The number of piperidine rings is 1. The van der Waals surface area contributed by atoms with Crippen LogP contribution < -0.4 is 10.6 Å². The maximum Gasteiger partial charge on any atom is 0.225 e. The molecule has 1 aliphatic heterocycles. The number of aryl methyl sites for hydroxylation is 2. The molecule has 17 heavy (non-hydrogen) atoms. The van der Waals surface area contributed by atoms with Crippen molar-refractivity contribution < 1.29 is 0 Å². The highest BCUT2D eigenvalue weighted by Gasteiger charge is 2.23. The van der Waals surface area contributed by atoms with E-state index in [0.717, 1.165) is 43.3 Å². The molecule has 5 nitrogen and oxygen atoms in total. The first kappa shape index (κ1) is 11.8. The average molecular weight is 233 g/mol. The molecule has 1 aromatic rings. The van der Waals surface area contributed by atoms with Crippen LogP contribution in [0.5, 0.6) is 0 Å². The van der Waals surface area contributed by atoms with Gasteiger partial charge in [0.2, 0.25) is 5.95 Å². The second-order valence-corrected chi connectivity index (χ2v) is 4.69. The number of nitrogens with one attached hydrogen (secondary N) is 1. The molecule has 0 amide bonds. The van der Waals surface area contributed by atoms with Crippen molar-refractivity contribution in [1.82, 2.24) is 9.97 Å². The Balaban J connectivity index is 2.18. The molecular weight excluding hydrogens is 214 g/mol. The first-order valence-electron chi connectivity index (χ1n) is 5.97. The zero-order valence-corrected chi connectivity index (χ0v) is 10.4. The highest BCUT2D eigenvalue weighted by molar-refractivity contribution is 5.80. The average Bonchev–Trinajstić information content (AvgIpc) is 2.28. The van der Waals surface area contributed by atoms with Crippen LogP contribution in [0.15, 0.2) is 6.07 Å². The lowest BCUT2D eigenvalue weighted by Crippen LogP contribution is -2.41. The zero-order valence-electron chi connectivity index (χ0n) is 10.4. The third-order valence-corrected chi connectivity index (χ3v) is 3.11. The predicted octanol–water partition coefficient (Wildman–Crippen LogP) is 1.25. The number of amidine groups is 1. The second-order valence-electron chi connectivity index (χ2n) is 4.69. The second kappa shape index (κ2) is 4.69. The first-order chi connectivity index (χ1) is 8.06. The molecule has 0 radical (unpaired) electrons. The summed E-state index contributed by atoms with van der Waals surface area (Å²) in [4.78, 5) is 11.0. The highest BCUT2D eigenvalue weighted by atomic mass is 15.3. The summed E-state index contributed by atoms with van der Waals surface area (Å²) >= 11 is 0. The molecule has 0 saturated carbocycles. The third kappa shape index (κ3) is 2.72. The normalized spacial score (nSPS) is 20.4. The van der Waals surface area contributed by atoms with Gasteiger partial charge in [0.15, 0.2) is 0 Å². The smallest absolute Gasteiger partial charge is 0.225 e. The molecule has 0 aromatic carbocycles. The Bertz CT molecular complexity index is 409. The summed E-state index contributed by atoms with van der Waals surface area (Å²) in [6, 6.07) is 1.97. The van der Waals surface area contributed by atoms with Crippen molar-refractivity contribution in [3.63, 3.8) is 0 Å². The highest BCUT2D eigenvalue weighted by Crippen LogP contribution is 2.20. The van der Waals surface area contributed by atoms with Gasteiger partial charge in [-0.3, -0.25) is 5.41 Å². The van der Waals surface area contributed by atoms with Gasteiger partial charge in [-0.2, -0.15) is 0 Å². The van der Waals surface area contributed by atoms with E-state index in [0.29, 0.717) is 0 Å². The summed E-state index contributed by atoms with van der Waals surface area (Å²) in [6.07, 6.45) is 2.04. The molecule has 0 spiro atoms. The summed E-state index contributed by atoms with van der Waals surface area (Å²) in [6.45, 7) is 5.67. The number of hydrogen-bond acceptors (Lipinski definition) is 4. The van der Waals surface area contributed by atoms with Gasteiger partial charge in [-0.1, -0.05) is 0 Å². The van der Waals surface area contributed by atoms with Crippen LogP contribution in [-0.2, 0) is 0 Å². The Kier molecular flexibility index (Phi) is 3.26. The lowest BCUT2D eigenvalue weighted by molar-refractivity contribution is 0.496. The molecule has 3 N–H and O–H groups in total. The van der Waals surface area contributed by atoms with Gasteiger partial charge in [0.25, 0.3) is 0 Å². The van der Waals surface area contributed by atoms with Gasteiger partial charge in [0, 0.05) is 30.4 Å². The molecule has 2 rings (SSSR count). The molecule has 5 heteroatoms. The summed E-state index contributed by atoms with van der Waals surface area (Å²) < 4.78 is 0. The molecule has 92 valence electrons. The van der Waals surface area contributed by atoms with Gasteiger partial charge >= 0.3 is 0 Å². The molecule has 1 aliphatic rings. The van der Waals surface area contributed by atoms with E-state index in [1.54, 1.807) is 0 Å².